The lowest BCUT2D eigenvalue weighted by molar-refractivity contribution is 0.0747. The van der Waals surface area contributed by atoms with Gasteiger partial charge in [0.15, 0.2) is 5.78 Å². The average molecular weight is 428 g/mol. The minimum absolute atomic E-state index is 0.0463. The monoisotopic (exact) mass is 427 g/mol. The number of carbonyl (C=O) groups is 2. The third-order valence-electron chi connectivity index (χ3n) is 6.24. The number of carbonyl (C=O) groups excluding carboxylic acids is 2. The number of ketones is 1. The van der Waals surface area contributed by atoms with E-state index < -0.39 is 0 Å². The summed E-state index contributed by atoms with van der Waals surface area (Å²) in [7, 11) is 0. The van der Waals surface area contributed by atoms with Crippen molar-refractivity contribution >= 4 is 28.8 Å². The summed E-state index contributed by atoms with van der Waals surface area (Å²) >= 11 is 0. The van der Waals surface area contributed by atoms with Gasteiger partial charge in [0, 0.05) is 43.1 Å². The number of para-hydroxylation sites is 1. The Kier molecular flexibility index (Phi) is 6.26. The first-order chi connectivity index (χ1) is 15.4. The molecule has 164 valence electrons. The molecule has 1 heterocycles. The molecule has 1 aliphatic rings. The normalized spacial score (nSPS) is 13.7. The van der Waals surface area contributed by atoms with Crippen LogP contribution < -0.4 is 10.2 Å². The summed E-state index contributed by atoms with van der Waals surface area (Å²) < 4.78 is 0. The maximum absolute atomic E-state index is 13.4. The topological polar surface area (TPSA) is 52.7 Å². The van der Waals surface area contributed by atoms with Crippen molar-refractivity contribution in [3.8, 4) is 0 Å². The van der Waals surface area contributed by atoms with Crippen LogP contribution in [0.2, 0.25) is 0 Å². The SMILES string of the molecule is CC(=O)c1ccc(N2CCN(C(=O)c3ccccc3Nc3cccc(C)c3C)CC2)cc1. The van der Waals surface area contributed by atoms with E-state index in [4.69, 9.17) is 0 Å². The fourth-order valence-electron chi connectivity index (χ4n) is 4.06. The van der Waals surface area contributed by atoms with Crippen molar-refractivity contribution in [1.29, 1.82) is 0 Å². The summed E-state index contributed by atoms with van der Waals surface area (Å²) in [6, 6.07) is 21.6. The molecular weight excluding hydrogens is 398 g/mol. The van der Waals surface area contributed by atoms with Crippen LogP contribution in [0, 0.1) is 13.8 Å². The van der Waals surface area contributed by atoms with Gasteiger partial charge in [-0.1, -0.05) is 24.3 Å². The number of aryl methyl sites for hydroxylation is 1. The van der Waals surface area contributed by atoms with Crippen LogP contribution >= 0.6 is 0 Å². The molecule has 1 N–H and O–H groups in total. The summed E-state index contributed by atoms with van der Waals surface area (Å²) in [4.78, 5) is 29.0. The van der Waals surface area contributed by atoms with Crippen molar-refractivity contribution < 1.29 is 9.59 Å². The molecule has 5 heteroatoms. The molecule has 1 fully saturated rings. The maximum atomic E-state index is 13.4. The molecule has 0 saturated carbocycles. The van der Waals surface area contributed by atoms with Gasteiger partial charge in [-0.25, -0.2) is 0 Å². The Labute approximate surface area is 189 Å². The number of amides is 1. The first-order valence-electron chi connectivity index (χ1n) is 11.0. The lowest BCUT2D eigenvalue weighted by Crippen LogP contribution is -2.48. The fraction of sp³-hybridized carbons (Fsp3) is 0.259. The number of hydrogen-bond acceptors (Lipinski definition) is 4. The molecule has 4 rings (SSSR count). The van der Waals surface area contributed by atoms with Crippen LogP contribution in [0.5, 0.6) is 0 Å². The van der Waals surface area contributed by atoms with E-state index >= 15 is 0 Å². The van der Waals surface area contributed by atoms with E-state index in [0.717, 1.165) is 35.7 Å². The fourth-order valence-corrected chi connectivity index (χ4v) is 4.06. The largest absolute Gasteiger partial charge is 0.368 e. The Bertz CT molecular complexity index is 1130. The van der Waals surface area contributed by atoms with Crippen LogP contribution in [0.25, 0.3) is 0 Å². The van der Waals surface area contributed by atoms with Crippen molar-refractivity contribution in [2.24, 2.45) is 0 Å². The number of rotatable bonds is 5. The Morgan fingerprint density at radius 1 is 0.781 bits per heavy atom. The number of nitrogens with one attached hydrogen (secondary N) is 1. The average Bonchev–Trinajstić information content (AvgIpc) is 2.82. The Morgan fingerprint density at radius 2 is 1.44 bits per heavy atom. The van der Waals surface area contributed by atoms with Crippen molar-refractivity contribution in [2.75, 3.05) is 36.4 Å². The second-order valence-corrected chi connectivity index (χ2v) is 8.30. The van der Waals surface area contributed by atoms with Gasteiger partial charge in [-0.05, 0) is 74.4 Å². The van der Waals surface area contributed by atoms with Gasteiger partial charge in [0.2, 0.25) is 0 Å². The van der Waals surface area contributed by atoms with Gasteiger partial charge in [-0.15, -0.1) is 0 Å². The van der Waals surface area contributed by atoms with Gasteiger partial charge < -0.3 is 15.1 Å². The summed E-state index contributed by atoms with van der Waals surface area (Å²) in [6.07, 6.45) is 0. The van der Waals surface area contributed by atoms with Crippen molar-refractivity contribution in [3.63, 3.8) is 0 Å². The molecule has 1 aliphatic heterocycles. The Balaban J connectivity index is 1.45. The quantitative estimate of drug-likeness (QED) is 0.568. The molecule has 32 heavy (non-hydrogen) atoms. The zero-order chi connectivity index (χ0) is 22.7. The molecule has 0 atom stereocenters. The molecule has 0 unspecified atom stereocenters. The Hall–Kier alpha value is -3.60. The second kappa shape index (κ2) is 9.27. The molecule has 0 aromatic heterocycles. The molecular formula is C27H29N3O2. The van der Waals surface area contributed by atoms with Gasteiger partial charge in [-0.2, -0.15) is 0 Å². The number of hydrogen-bond donors (Lipinski definition) is 1. The molecule has 1 amide bonds. The third kappa shape index (κ3) is 4.52. The van der Waals surface area contributed by atoms with Gasteiger partial charge in [0.1, 0.15) is 0 Å². The number of nitrogens with zero attached hydrogens (tertiary/aromatic N) is 2. The number of Topliss-reactive ketones (excluding diaryl/α,β-unsaturated/α-hetero) is 1. The summed E-state index contributed by atoms with van der Waals surface area (Å²) in [5.74, 6) is 0.116. The zero-order valence-electron chi connectivity index (χ0n) is 18.9. The van der Waals surface area contributed by atoms with E-state index in [2.05, 4.69) is 30.1 Å². The standard InChI is InChI=1S/C27H29N3O2/c1-19-7-6-10-25(20(19)2)28-26-9-5-4-8-24(26)27(32)30-17-15-29(16-18-30)23-13-11-22(12-14-23)21(3)31/h4-14,28H,15-18H2,1-3H3. The molecule has 3 aromatic rings. The van der Waals surface area contributed by atoms with Gasteiger partial charge in [-0.3, -0.25) is 9.59 Å². The highest BCUT2D eigenvalue weighted by Gasteiger charge is 2.24. The predicted molar refractivity (Wildman–Crippen MR) is 130 cm³/mol. The van der Waals surface area contributed by atoms with Crippen LogP contribution in [0.15, 0.2) is 66.7 Å². The highest BCUT2D eigenvalue weighted by molar-refractivity contribution is 6.00. The second-order valence-electron chi connectivity index (χ2n) is 8.30. The lowest BCUT2D eigenvalue weighted by atomic mass is 10.1. The van der Waals surface area contributed by atoms with E-state index in [9.17, 15) is 9.59 Å². The van der Waals surface area contributed by atoms with Crippen LogP contribution in [0.4, 0.5) is 17.1 Å². The number of piperazine rings is 1. The van der Waals surface area contributed by atoms with Crippen LogP contribution in [-0.2, 0) is 0 Å². The first-order valence-corrected chi connectivity index (χ1v) is 11.0. The van der Waals surface area contributed by atoms with E-state index in [-0.39, 0.29) is 11.7 Å². The molecule has 5 nitrogen and oxygen atoms in total. The summed E-state index contributed by atoms with van der Waals surface area (Å²) in [6.45, 7) is 8.59. The molecule has 0 bridgehead atoms. The molecule has 0 aliphatic carbocycles. The van der Waals surface area contributed by atoms with Crippen LogP contribution in [0.1, 0.15) is 38.8 Å². The highest BCUT2D eigenvalue weighted by Crippen LogP contribution is 2.27. The summed E-state index contributed by atoms with van der Waals surface area (Å²) in [5.41, 5.74) is 6.73. The van der Waals surface area contributed by atoms with E-state index in [1.807, 2.05) is 65.6 Å². The predicted octanol–water partition coefficient (Wildman–Crippen LogP) is 5.21. The van der Waals surface area contributed by atoms with Crippen molar-refractivity contribution in [1.82, 2.24) is 4.90 Å². The lowest BCUT2D eigenvalue weighted by Gasteiger charge is -2.36. The van der Waals surface area contributed by atoms with Gasteiger partial charge >= 0.3 is 0 Å². The first kappa shape index (κ1) is 21.6. The number of benzene rings is 3. The highest BCUT2D eigenvalue weighted by atomic mass is 16.2. The zero-order valence-corrected chi connectivity index (χ0v) is 18.9. The molecule has 1 saturated heterocycles. The molecule has 0 spiro atoms. The third-order valence-corrected chi connectivity index (χ3v) is 6.24. The maximum Gasteiger partial charge on any atom is 0.256 e. The molecule has 0 radical (unpaired) electrons. The minimum Gasteiger partial charge on any atom is -0.368 e. The van der Waals surface area contributed by atoms with Gasteiger partial charge in [0.05, 0.1) is 11.3 Å². The minimum atomic E-state index is 0.0463. The number of anilines is 3. The van der Waals surface area contributed by atoms with Gasteiger partial charge in [0.25, 0.3) is 5.91 Å². The Morgan fingerprint density at radius 3 is 2.12 bits per heavy atom. The smallest absolute Gasteiger partial charge is 0.256 e. The van der Waals surface area contributed by atoms with Crippen molar-refractivity contribution in [3.05, 3.63) is 89.0 Å². The van der Waals surface area contributed by atoms with Crippen LogP contribution in [0.3, 0.4) is 0 Å². The van der Waals surface area contributed by atoms with Crippen LogP contribution in [-0.4, -0.2) is 42.8 Å². The van der Waals surface area contributed by atoms with E-state index in [1.165, 1.54) is 11.1 Å². The summed E-state index contributed by atoms with van der Waals surface area (Å²) in [5, 5.41) is 3.47. The van der Waals surface area contributed by atoms with E-state index in [1.54, 1.807) is 6.92 Å². The molecule has 3 aromatic carbocycles. The van der Waals surface area contributed by atoms with Crippen molar-refractivity contribution in [2.45, 2.75) is 20.8 Å². The van der Waals surface area contributed by atoms with E-state index in [0.29, 0.717) is 18.7 Å².